The summed E-state index contributed by atoms with van der Waals surface area (Å²) < 4.78 is 5.29. The number of aromatic hydroxyl groups is 1. The van der Waals surface area contributed by atoms with Gasteiger partial charge in [0.1, 0.15) is 0 Å². The molecule has 0 aliphatic heterocycles. The smallest absolute Gasteiger partial charge is 0.162 e. The zero-order valence-corrected chi connectivity index (χ0v) is 10.2. The molecule has 1 aromatic rings. The lowest BCUT2D eigenvalue weighted by Crippen LogP contribution is -2.12. The Kier molecular flexibility index (Phi) is 7.42. The molecule has 2 N–H and O–H groups in total. The maximum atomic E-state index is 9.83. The average molecular weight is 244 g/mol. The number of hydrogen-bond acceptors (Lipinski definition) is 3. The minimum atomic E-state index is 0. The van der Waals surface area contributed by atoms with Gasteiger partial charge in [0, 0.05) is 18.7 Å². The van der Waals surface area contributed by atoms with Crippen molar-refractivity contribution in [2.75, 3.05) is 13.2 Å². The Labute approximate surface area is 103 Å². The van der Waals surface area contributed by atoms with Crippen molar-refractivity contribution in [3.05, 3.63) is 36.4 Å². The van der Waals surface area contributed by atoms with Crippen molar-refractivity contribution in [1.82, 2.24) is 5.32 Å². The number of phenolic OH excluding ortho intramolecular Hbond substituents is 1. The van der Waals surface area contributed by atoms with E-state index in [2.05, 4.69) is 11.9 Å². The van der Waals surface area contributed by atoms with E-state index in [0.717, 1.165) is 12.1 Å². The van der Waals surface area contributed by atoms with E-state index in [1.807, 2.05) is 19.1 Å². The van der Waals surface area contributed by atoms with Crippen LogP contribution < -0.4 is 10.1 Å². The molecule has 0 heterocycles. The monoisotopic (exact) mass is 243 g/mol. The van der Waals surface area contributed by atoms with Gasteiger partial charge < -0.3 is 15.2 Å². The lowest BCUT2D eigenvalue weighted by Gasteiger charge is -2.10. The molecule has 90 valence electrons. The van der Waals surface area contributed by atoms with E-state index < -0.39 is 0 Å². The van der Waals surface area contributed by atoms with Crippen LogP contribution in [0, 0.1) is 0 Å². The van der Waals surface area contributed by atoms with E-state index in [1.165, 1.54) is 0 Å². The average Bonchev–Trinajstić information content (AvgIpc) is 2.24. The molecular weight excluding hydrogens is 226 g/mol. The van der Waals surface area contributed by atoms with Crippen LogP contribution in [-0.2, 0) is 6.54 Å². The van der Waals surface area contributed by atoms with Crippen LogP contribution in [-0.4, -0.2) is 18.3 Å². The fourth-order valence-corrected chi connectivity index (χ4v) is 1.29. The van der Waals surface area contributed by atoms with Crippen molar-refractivity contribution in [3.8, 4) is 11.5 Å². The number of rotatable bonds is 6. The fraction of sp³-hybridized carbons (Fsp3) is 0.333. The maximum Gasteiger partial charge on any atom is 0.162 e. The number of para-hydroxylation sites is 1. The molecular formula is C12H18ClNO2. The summed E-state index contributed by atoms with van der Waals surface area (Å²) in [6.07, 6.45) is 1.78. The Morgan fingerprint density at radius 3 is 2.88 bits per heavy atom. The van der Waals surface area contributed by atoms with Gasteiger partial charge in [-0.3, -0.25) is 0 Å². The van der Waals surface area contributed by atoms with Gasteiger partial charge in [-0.2, -0.15) is 0 Å². The standard InChI is InChI=1S/C12H17NO2.ClH/c1-3-8-13-9-10-6-5-7-11(12(10)14)15-4-2;/h3,5-7,13-14H,1,4,8-9H2,2H3;1H. The maximum absolute atomic E-state index is 9.83. The second kappa shape index (κ2) is 8.02. The highest BCUT2D eigenvalue weighted by atomic mass is 35.5. The van der Waals surface area contributed by atoms with E-state index in [0.29, 0.717) is 18.9 Å². The van der Waals surface area contributed by atoms with Crippen molar-refractivity contribution in [3.63, 3.8) is 0 Å². The third-order valence-electron chi connectivity index (χ3n) is 1.99. The van der Waals surface area contributed by atoms with Crippen LogP contribution in [0.2, 0.25) is 0 Å². The van der Waals surface area contributed by atoms with Crippen molar-refractivity contribution < 1.29 is 9.84 Å². The predicted molar refractivity (Wildman–Crippen MR) is 68.4 cm³/mol. The molecule has 0 amide bonds. The first-order valence-corrected chi connectivity index (χ1v) is 5.04. The molecule has 1 aromatic carbocycles. The van der Waals surface area contributed by atoms with Crippen molar-refractivity contribution >= 4 is 12.4 Å². The molecule has 0 saturated carbocycles. The van der Waals surface area contributed by atoms with Crippen molar-refractivity contribution in [2.45, 2.75) is 13.5 Å². The summed E-state index contributed by atoms with van der Waals surface area (Å²) in [7, 11) is 0. The number of halogens is 1. The summed E-state index contributed by atoms with van der Waals surface area (Å²) >= 11 is 0. The van der Waals surface area contributed by atoms with Crippen LogP contribution in [0.1, 0.15) is 12.5 Å². The Morgan fingerprint density at radius 1 is 1.50 bits per heavy atom. The van der Waals surface area contributed by atoms with Crippen LogP contribution in [0.25, 0.3) is 0 Å². The normalized spacial score (nSPS) is 9.31. The SMILES string of the molecule is C=CCNCc1cccc(OCC)c1O.Cl. The van der Waals surface area contributed by atoms with E-state index in [1.54, 1.807) is 12.1 Å². The molecule has 4 heteroatoms. The highest BCUT2D eigenvalue weighted by molar-refractivity contribution is 5.85. The van der Waals surface area contributed by atoms with Gasteiger partial charge >= 0.3 is 0 Å². The number of benzene rings is 1. The topological polar surface area (TPSA) is 41.5 Å². The molecule has 16 heavy (non-hydrogen) atoms. The quantitative estimate of drug-likeness (QED) is 0.596. The highest BCUT2D eigenvalue weighted by Crippen LogP contribution is 2.29. The summed E-state index contributed by atoms with van der Waals surface area (Å²) in [5.41, 5.74) is 0.836. The van der Waals surface area contributed by atoms with E-state index in [9.17, 15) is 5.11 Å². The molecule has 0 bridgehead atoms. The molecule has 0 unspecified atom stereocenters. The Morgan fingerprint density at radius 2 is 2.25 bits per heavy atom. The predicted octanol–water partition coefficient (Wildman–Crippen LogP) is 2.49. The van der Waals surface area contributed by atoms with Gasteiger partial charge in [0.2, 0.25) is 0 Å². The van der Waals surface area contributed by atoms with E-state index in [4.69, 9.17) is 4.74 Å². The van der Waals surface area contributed by atoms with Gasteiger partial charge in [0.25, 0.3) is 0 Å². The van der Waals surface area contributed by atoms with Gasteiger partial charge in [-0.1, -0.05) is 18.2 Å². The Balaban J connectivity index is 0.00000225. The Hall–Kier alpha value is -1.19. The zero-order chi connectivity index (χ0) is 11.1. The number of ether oxygens (including phenoxy) is 1. The van der Waals surface area contributed by atoms with Crippen LogP contribution in [0.4, 0.5) is 0 Å². The minimum absolute atomic E-state index is 0. The molecule has 0 fully saturated rings. The molecule has 0 aromatic heterocycles. The molecule has 1 rings (SSSR count). The van der Waals surface area contributed by atoms with E-state index >= 15 is 0 Å². The molecule has 0 aliphatic carbocycles. The second-order valence-corrected chi connectivity index (χ2v) is 3.12. The van der Waals surface area contributed by atoms with Gasteiger partial charge in [0.05, 0.1) is 6.61 Å². The molecule has 0 spiro atoms. The number of phenols is 1. The summed E-state index contributed by atoms with van der Waals surface area (Å²) in [6, 6.07) is 5.50. The molecule has 3 nitrogen and oxygen atoms in total. The largest absolute Gasteiger partial charge is 0.504 e. The number of nitrogens with one attached hydrogen (secondary N) is 1. The summed E-state index contributed by atoms with van der Waals surface area (Å²) in [4.78, 5) is 0. The van der Waals surface area contributed by atoms with Gasteiger partial charge in [0.15, 0.2) is 11.5 Å². The van der Waals surface area contributed by atoms with Gasteiger partial charge in [-0.15, -0.1) is 19.0 Å². The minimum Gasteiger partial charge on any atom is -0.504 e. The van der Waals surface area contributed by atoms with Gasteiger partial charge in [-0.05, 0) is 13.0 Å². The second-order valence-electron chi connectivity index (χ2n) is 3.12. The van der Waals surface area contributed by atoms with Gasteiger partial charge in [-0.25, -0.2) is 0 Å². The van der Waals surface area contributed by atoms with Crippen molar-refractivity contribution in [1.29, 1.82) is 0 Å². The first kappa shape index (κ1) is 14.8. The molecule has 0 saturated heterocycles. The molecule has 0 atom stereocenters. The van der Waals surface area contributed by atoms with Crippen LogP contribution >= 0.6 is 12.4 Å². The third-order valence-corrected chi connectivity index (χ3v) is 1.99. The molecule has 0 radical (unpaired) electrons. The number of hydrogen-bond donors (Lipinski definition) is 2. The van der Waals surface area contributed by atoms with Crippen LogP contribution in [0.5, 0.6) is 11.5 Å². The first-order valence-electron chi connectivity index (χ1n) is 5.04. The third kappa shape index (κ3) is 4.13. The van der Waals surface area contributed by atoms with Crippen molar-refractivity contribution in [2.24, 2.45) is 0 Å². The lowest BCUT2D eigenvalue weighted by atomic mass is 10.2. The van der Waals surface area contributed by atoms with Crippen LogP contribution in [0.3, 0.4) is 0 Å². The first-order chi connectivity index (χ1) is 7.29. The zero-order valence-electron chi connectivity index (χ0n) is 9.40. The summed E-state index contributed by atoms with van der Waals surface area (Å²) in [5, 5.41) is 13.0. The summed E-state index contributed by atoms with van der Waals surface area (Å²) in [6.45, 7) is 7.39. The summed E-state index contributed by atoms with van der Waals surface area (Å²) in [5.74, 6) is 0.756. The lowest BCUT2D eigenvalue weighted by molar-refractivity contribution is 0.316. The van der Waals surface area contributed by atoms with E-state index in [-0.39, 0.29) is 18.2 Å². The van der Waals surface area contributed by atoms with Crippen LogP contribution in [0.15, 0.2) is 30.9 Å². The fourth-order valence-electron chi connectivity index (χ4n) is 1.29. The Bertz CT molecular complexity index is 329. The molecule has 0 aliphatic rings. The highest BCUT2D eigenvalue weighted by Gasteiger charge is 2.06.